The molecule has 0 saturated heterocycles. The number of hydrogen-bond donors (Lipinski definition) is 1. The highest BCUT2D eigenvalue weighted by Gasteiger charge is 2.54. The second-order valence-corrected chi connectivity index (χ2v) is 9.45. The van der Waals surface area contributed by atoms with Crippen LogP contribution in [0.1, 0.15) is 49.7 Å². The Morgan fingerprint density at radius 1 is 1.14 bits per heavy atom. The predicted molar refractivity (Wildman–Crippen MR) is 108 cm³/mol. The molecule has 5 nitrogen and oxygen atoms in total. The molecule has 4 fully saturated rings. The zero-order valence-corrected chi connectivity index (χ0v) is 17.3. The molecule has 5 rings (SSSR count). The molecule has 4 aliphatic carbocycles. The Bertz CT molecular complexity index is 738. The van der Waals surface area contributed by atoms with Gasteiger partial charge in [-0.05, 0) is 69.3 Å². The van der Waals surface area contributed by atoms with E-state index in [4.69, 9.17) is 4.74 Å². The van der Waals surface area contributed by atoms with Crippen LogP contribution < -0.4 is 10.1 Å². The van der Waals surface area contributed by atoms with Gasteiger partial charge < -0.3 is 15.0 Å². The van der Waals surface area contributed by atoms with Crippen LogP contribution in [-0.2, 0) is 16.1 Å². The number of amides is 2. The van der Waals surface area contributed by atoms with Crippen LogP contribution in [0.2, 0.25) is 0 Å². The smallest absolute Gasteiger partial charge is 0.242 e. The van der Waals surface area contributed by atoms with Gasteiger partial charge in [-0.25, -0.2) is 0 Å². The van der Waals surface area contributed by atoms with Crippen molar-refractivity contribution in [2.75, 3.05) is 20.7 Å². The average Bonchev–Trinajstić information content (AvgIpc) is 2.64. The van der Waals surface area contributed by atoms with E-state index in [9.17, 15) is 9.59 Å². The maximum absolute atomic E-state index is 13.0. The first-order valence-electron chi connectivity index (χ1n) is 10.5. The van der Waals surface area contributed by atoms with Crippen molar-refractivity contribution in [3.63, 3.8) is 0 Å². The Kier molecular flexibility index (Phi) is 5.11. The van der Waals surface area contributed by atoms with Gasteiger partial charge in [-0.3, -0.25) is 9.59 Å². The van der Waals surface area contributed by atoms with E-state index in [2.05, 4.69) is 5.32 Å². The third-order valence-corrected chi connectivity index (χ3v) is 7.19. The Morgan fingerprint density at radius 2 is 1.75 bits per heavy atom. The molecule has 2 amide bonds. The summed E-state index contributed by atoms with van der Waals surface area (Å²) in [6.45, 7) is 2.57. The first kappa shape index (κ1) is 19.3. The fourth-order valence-electron chi connectivity index (χ4n) is 6.24. The Labute approximate surface area is 167 Å². The van der Waals surface area contributed by atoms with Gasteiger partial charge in [0.1, 0.15) is 5.75 Å². The summed E-state index contributed by atoms with van der Waals surface area (Å²) >= 11 is 0. The molecule has 1 N–H and O–H groups in total. The van der Waals surface area contributed by atoms with Gasteiger partial charge >= 0.3 is 0 Å². The predicted octanol–water partition coefficient (Wildman–Crippen LogP) is 3.29. The number of nitrogens with zero attached hydrogens (tertiary/aromatic N) is 1. The number of carbonyl (C=O) groups excluding carboxylic acids is 2. The molecule has 1 aromatic rings. The van der Waals surface area contributed by atoms with Crippen molar-refractivity contribution in [2.45, 2.75) is 52.0 Å². The molecule has 1 aromatic carbocycles. The van der Waals surface area contributed by atoms with Gasteiger partial charge in [0.15, 0.2) is 0 Å². The van der Waals surface area contributed by atoms with Gasteiger partial charge in [-0.15, -0.1) is 0 Å². The number of hydrogen-bond acceptors (Lipinski definition) is 3. The maximum Gasteiger partial charge on any atom is 0.242 e. The van der Waals surface area contributed by atoms with Gasteiger partial charge in [0, 0.05) is 24.6 Å². The van der Waals surface area contributed by atoms with Crippen LogP contribution in [0.25, 0.3) is 0 Å². The highest BCUT2D eigenvalue weighted by atomic mass is 16.5. The topological polar surface area (TPSA) is 58.6 Å². The lowest BCUT2D eigenvalue weighted by Crippen LogP contribution is -2.54. The second kappa shape index (κ2) is 7.41. The SMILES string of the molecule is COc1ccc(C)cc1CN(C)C(=O)CNC(=O)C12CC3CC(CC(C3)C1)C2. The third-order valence-electron chi connectivity index (χ3n) is 7.19. The Hall–Kier alpha value is -2.04. The van der Waals surface area contributed by atoms with Gasteiger partial charge in [0.25, 0.3) is 0 Å². The molecule has 0 aromatic heterocycles. The van der Waals surface area contributed by atoms with Gasteiger partial charge in [0.05, 0.1) is 13.7 Å². The van der Waals surface area contributed by atoms with Crippen LogP contribution in [0.4, 0.5) is 0 Å². The largest absolute Gasteiger partial charge is 0.496 e. The number of ether oxygens (including phenoxy) is 1. The summed E-state index contributed by atoms with van der Waals surface area (Å²) in [5, 5.41) is 2.98. The average molecular weight is 385 g/mol. The summed E-state index contributed by atoms with van der Waals surface area (Å²) in [6, 6.07) is 5.96. The first-order valence-corrected chi connectivity index (χ1v) is 10.5. The van der Waals surface area contributed by atoms with Crippen molar-refractivity contribution in [1.29, 1.82) is 0 Å². The fraction of sp³-hybridized carbons (Fsp3) is 0.652. The second-order valence-electron chi connectivity index (χ2n) is 9.45. The monoisotopic (exact) mass is 384 g/mol. The van der Waals surface area contributed by atoms with Crippen molar-refractivity contribution in [3.8, 4) is 5.75 Å². The zero-order chi connectivity index (χ0) is 19.9. The third kappa shape index (κ3) is 3.63. The van der Waals surface area contributed by atoms with Crippen molar-refractivity contribution in [1.82, 2.24) is 10.2 Å². The highest BCUT2D eigenvalue weighted by molar-refractivity contribution is 5.88. The number of methoxy groups -OCH3 is 1. The van der Waals surface area contributed by atoms with Crippen molar-refractivity contribution in [2.24, 2.45) is 23.2 Å². The molecule has 0 unspecified atom stereocenters. The number of aryl methyl sites for hydroxylation is 1. The van der Waals surface area contributed by atoms with Crippen molar-refractivity contribution >= 4 is 11.8 Å². The lowest BCUT2D eigenvalue weighted by atomic mass is 9.49. The van der Waals surface area contributed by atoms with Gasteiger partial charge in [-0.2, -0.15) is 0 Å². The van der Waals surface area contributed by atoms with Crippen molar-refractivity contribution < 1.29 is 14.3 Å². The summed E-state index contributed by atoms with van der Waals surface area (Å²) in [4.78, 5) is 27.3. The number of likely N-dealkylation sites (N-methyl/N-ethyl adjacent to an activating group) is 1. The van der Waals surface area contributed by atoms with E-state index in [0.29, 0.717) is 6.54 Å². The summed E-state index contributed by atoms with van der Waals surface area (Å²) in [5.41, 5.74) is 1.91. The molecule has 0 spiro atoms. The molecule has 152 valence electrons. The van der Waals surface area contributed by atoms with E-state index in [1.165, 1.54) is 19.3 Å². The lowest BCUT2D eigenvalue weighted by Gasteiger charge is -2.55. The summed E-state index contributed by atoms with van der Waals surface area (Å²) in [7, 11) is 3.42. The standard InChI is InChI=1S/C23H32N2O3/c1-15-4-5-20(28-3)19(6-15)14-25(2)21(26)13-24-22(27)23-10-16-7-17(11-23)9-18(8-16)12-23/h4-6,16-18H,7-14H2,1-3H3,(H,24,27). The van der Waals surface area contributed by atoms with Crippen molar-refractivity contribution in [3.05, 3.63) is 29.3 Å². The van der Waals surface area contributed by atoms with E-state index < -0.39 is 0 Å². The van der Waals surface area contributed by atoms with Crippen LogP contribution in [0.5, 0.6) is 5.75 Å². The first-order chi connectivity index (χ1) is 13.4. The normalized spacial score (nSPS) is 30.2. The van der Waals surface area contributed by atoms with Crippen LogP contribution in [-0.4, -0.2) is 37.4 Å². The minimum atomic E-state index is -0.201. The Balaban J connectivity index is 1.34. The van der Waals surface area contributed by atoms with Gasteiger partial charge in [0.2, 0.25) is 11.8 Å². The minimum absolute atomic E-state index is 0.0679. The zero-order valence-electron chi connectivity index (χ0n) is 17.3. The van der Waals surface area contributed by atoms with E-state index in [1.54, 1.807) is 19.1 Å². The summed E-state index contributed by atoms with van der Waals surface area (Å²) in [5.74, 6) is 3.00. The van der Waals surface area contributed by atoms with E-state index >= 15 is 0 Å². The molecule has 0 aliphatic heterocycles. The van der Waals surface area contributed by atoms with E-state index in [0.717, 1.165) is 53.9 Å². The number of carbonyl (C=O) groups is 2. The summed E-state index contributed by atoms with van der Waals surface area (Å²) in [6.07, 6.45) is 7.01. The molecule has 5 heteroatoms. The molecule has 28 heavy (non-hydrogen) atoms. The van der Waals surface area contributed by atoms with Crippen LogP contribution in [0.3, 0.4) is 0 Å². The molecular formula is C23H32N2O3. The maximum atomic E-state index is 13.0. The number of benzene rings is 1. The molecule has 0 atom stereocenters. The van der Waals surface area contributed by atoms with E-state index in [1.807, 2.05) is 25.1 Å². The fourth-order valence-corrected chi connectivity index (χ4v) is 6.24. The molecule has 4 aliphatic rings. The lowest BCUT2D eigenvalue weighted by molar-refractivity contribution is -0.147. The molecule has 4 bridgehead atoms. The molecule has 0 heterocycles. The number of nitrogens with one attached hydrogen (secondary N) is 1. The van der Waals surface area contributed by atoms with E-state index in [-0.39, 0.29) is 23.8 Å². The van der Waals surface area contributed by atoms with Crippen LogP contribution in [0.15, 0.2) is 18.2 Å². The summed E-state index contributed by atoms with van der Waals surface area (Å²) < 4.78 is 5.41. The molecular weight excluding hydrogens is 352 g/mol. The molecule has 4 saturated carbocycles. The van der Waals surface area contributed by atoms with Crippen LogP contribution in [0, 0.1) is 30.1 Å². The Morgan fingerprint density at radius 3 is 2.32 bits per heavy atom. The quantitative estimate of drug-likeness (QED) is 0.819. The number of rotatable bonds is 6. The minimum Gasteiger partial charge on any atom is -0.496 e. The highest BCUT2D eigenvalue weighted by Crippen LogP contribution is 2.60. The van der Waals surface area contributed by atoms with Gasteiger partial charge in [-0.1, -0.05) is 17.7 Å². The van der Waals surface area contributed by atoms with Crippen LogP contribution >= 0.6 is 0 Å². The molecule has 0 radical (unpaired) electrons.